The lowest BCUT2D eigenvalue weighted by Gasteiger charge is -2.48. The van der Waals surface area contributed by atoms with E-state index in [1.807, 2.05) is 144 Å². The zero-order valence-corrected chi connectivity index (χ0v) is 23.0. The van der Waals surface area contributed by atoms with Crippen molar-refractivity contribution in [2.75, 3.05) is 10.2 Å². The normalized spacial score (nSPS) is 19.9. The van der Waals surface area contributed by atoms with Crippen molar-refractivity contribution in [3.8, 4) is 0 Å². The molecule has 41 heavy (non-hydrogen) atoms. The van der Waals surface area contributed by atoms with Crippen molar-refractivity contribution >= 4 is 40.2 Å². The standard InChI is InChI=1S/C36H27ClN2O2/c37-29-21-11-10-20-28(29)31-24-36(27-18-8-3-9-19-27)39(32-23-13-12-22-30(32)38-31)35(40)33(25-14-4-1-5-15-25)34(41-36)26-16-6-2-7-17-26/h1-23,31,38H,24H2. The molecule has 2 heterocycles. The van der Waals surface area contributed by atoms with E-state index in [0.717, 1.165) is 33.6 Å². The molecule has 2 aliphatic heterocycles. The third-order valence-corrected chi connectivity index (χ3v) is 8.18. The second-order valence-electron chi connectivity index (χ2n) is 10.3. The first kappa shape index (κ1) is 25.2. The number of nitrogens with zero attached hydrogens (tertiary/aromatic N) is 1. The molecule has 1 amide bonds. The fraction of sp³-hybridized carbons (Fsp3) is 0.0833. The van der Waals surface area contributed by atoms with Gasteiger partial charge in [-0.1, -0.05) is 133 Å². The van der Waals surface area contributed by atoms with Gasteiger partial charge in [-0.05, 0) is 29.3 Å². The molecule has 0 spiro atoms. The summed E-state index contributed by atoms with van der Waals surface area (Å²) in [4.78, 5) is 16.9. The van der Waals surface area contributed by atoms with E-state index in [4.69, 9.17) is 16.3 Å². The second-order valence-corrected chi connectivity index (χ2v) is 10.7. The fourth-order valence-corrected chi connectivity index (χ4v) is 6.25. The maximum atomic E-state index is 15.1. The lowest BCUT2D eigenvalue weighted by Crippen LogP contribution is -2.55. The Morgan fingerprint density at radius 3 is 2.00 bits per heavy atom. The van der Waals surface area contributed by atoms with E-state index in [1.165, 1.54) is 0 Å². The van der Waals surface area contributed by atoms with Crippen molar-refractivity contribution in [1.82, 2.24) is 0 Å². The van der Waals surface area contributed by atoms with Gasteiger partial charge in [0.2, 0.25) is 5.72 Å². The molecule has 0 saturated carbocycles. The van der Waals surface area contributed by atoms with Crippen molar-refractivity contribution in [2.24, 2.45) is 0 Å². The van der Waals surface area contributed by atoms with Gasteiger partial charge in [0.05, 0.1) is 23.0 Å². The Kier molecular flexibility index (Phi) is 6.33. The smallest absolute Gasteiger partial charge is 0.266 e. The fourth-order valence-electron chi connectivity index (χ4n) is 5.98. The number of amides is 1. The molecule has 7 rings (SSSR count). The van der Waals surface area contributed by atoms with Crippen LogP contribution in [0.2, 0.25) is 5.02 Å². The minimum Gasteiger partial charge on any atom is -0.462 e. The van der Waals surface area contributed by atoms with Gasteiger partial charge in [-0.15, -0.1) is 0 Å². The number of rotatable bonds is 4. The maximum Gasteiger partial charge on any atom is 0.266 e. The third kappa shape index (κ3) is 4.28. The molecule has 2 unspecified atom stereocenters. The van der Waals surface area contributed by atoms with Crippen molar-refractivity contribution < 1.29 is 9.53 Å². The number of anilines is 2. The summed E-state index contributed by atoms with van der Waals surface area (Å²) in [6, 6.07) is 45.2. The van der Waals surface area contributed by atoms with Gasteiger partial charge >= 0.3 is 0 Å². The van der Waals surface area contributed by atoms with Gasteiger partial charge < -0.3 is 10.1 Å². The highest BCUT2D eigenvalue weighted by molar-refractivity contribution is 6.33. The summed E-state index contributed by atoms with van der Waals surface area (Å²) in [6.07, 6.45) is 0.416. The van der Waals surface area contributed by atoms with Crippen LogP contribution in [0.3, 0.4) is 0 Å². The van der Waals surface area contributed by atoms with Crippen LogP contribution in [0.4, 0.5) is 11.4 Å². The van der Waals surface area contributed by atoms with Crippen molar-refractivity contribution in [1.29, 1.82) is 0 Å². The van der Waals surface area contributed by atoms with E-state index in [0.29, 0.717) is 22.8 Å². The predicted octanol–water partition coefficient (Wildman–Crippen LogP) is 8.68. The number of ether oxygens (including phenoxy) is 1. The number of fused-ring (bicyclic) bond motifs is 3. The first-order valence-electron chi connectivity index (χ1n) is 13.7. The van der Waals surface area contributed by atoms with Crippen LogP contribution in [-0.2, 0) is 15.3 Å². The lowest BCUT2D eigenvalue weighted by atomic mass is 9.86. The molecule has 2 aliphatic rings. The largest absolute Gasteiger partial charge is 0.462 e. The number of benzene rings is 5. The van der Waals surface area contributed by atoms with Gasteiger partial charge in [-0.2, -0.15) is 0 Å². The predicted molar refractivity (Wildman–Crippen MR) is 165 cm³/mol. The quantitative estimate of drug-likeness (QED) is 0.241. The van der Waals surface area contributed by atoms with Crippen LogP contribution in [0.5, 0.6) is 0 Å². The van der Waals surface area contributed by atoms with Crippen LogP contribution >= 0.6 is 11.6 Å². The Bertz CT molecular complexity index is 1750. The molecule has 0 aliphatic carbocycles. The number of hydrogen-bond acceptors (Lipinski definition) is 3. The minimum atomic E-state index is -1.18. The lowest BCUT2D eigenvalue weighted by molar-refractivity contribution is -0.120. The molecule has 4 nitrogen and oxygen atoms in total. The highest BCUT2D eigenvalue weighted by Gasteiger charge is 2.54. The van der Waals surface area contributed by atoms with E-state index in [1.54, 1.807) is 0 Å². The zero-order valence-electron chi connectivity index (χ0n) is 22.2. The number of carbonyl (C=O) groups is 1. The first-order valence-corrected chi connectivity index (χ1v) is 14.1. The summed E-state index contributed by atoms with van der Waals surface area (Å²) in [5, 5.41) is 4.38. The maximum absolute atomic E-state index is 15.1. The average Bonchev–Trinajstić information content (AvgIpc) is 3.18. The van der Waals surface area contributed by atoms with E-state index in [-0.39, 0.29) is 11.9 Å². The summed E-state index contributed by atoms with van der Waals surface area (Å²) in [5.41, 5.74) is 4.39. The molecule has 0 aromatic heterocycles. The van der Waals surface area contributed by atoms with Crippen LogP contribution in [0.15, 0.2) is 140 Å². The summed E-state index contributed by atoms with van der Waals surface area (Å²) in [7, 11) is 0. The first-order chi connectivity index (χ1) is 20.2. The van der Waals surface area contributed by atoms with Gasteiger partial charge in [-0.25, -0.2) is 0 Å². The van der Waals surface area contributed by atoms with Gasteiger partial charge in [0, 0.05) is 22.6 Å². The van der Waals surface area contributed by atoms with E-state index in [2.05, 4.69) is 5.32 Å². The SMILES string of the molecule is O=C1C(c2ccccc2)=C(c2ccccc2)OC2(c3ccccc3)CC(c3ccccc3Cl)Nc3ccccc3N12. The van der Waals surface area contributed by atoms with Crippen LogP contribution < -0.4 is 10.2 Å². The van der Waals surface area contributed by atoms with Gasteiger partial charge in [-0.3, -0.25) is 9.69 Å². The molecule has 5 aromatic rings. The molecule has 2 atom stereocenters. The Hall–Kier alpha value is -4.80. The summed E-state index contributed by atoms with van der Waals surface area (Å²) >= 11 is 6.79. The molecule has 0 bridgehead atoms. The molecule has 0 radical (unpaired) electrons. The Morgan fingerprint density at radius 2 is 1.29 bits per heavy atom. The highest BCUT2D eigenvalue weighted by Crippen LogP contribution is 2.54. The average molecular weight is 555 g/mol. The van der Waals surface area contributed by atoms with Crippen LogP contribution in [0.1, 0.15) is 34.7 Å². The molecule has 5 aromatic carbocycles. The third-order valence-electron chi connectivity index (χ3n) is 7.84. The Labute approximate surface area is 244 Å². The number of hydrogen-bond donors (Lipinski definition) is 1. The zero-order chi connectivity index (χ0) is 27.8. The molecule has 5 heteroatoms. The van der Waals surface area contributed by atoms with Gasteiger partial charge in [0.15, 0.2) is 0 Å². The topological polar surface area (TPSA) is 41.6 Å². The molecule has 1 N–H and O–H groups in total. The summed E-state index contributed by atoms with van der Waals surface area (Å²) in [5.74, 6) is 0.429. The molecular weight excluding hydrogens is 528 g/mol. The number of nitrogens with one attached hydrogen (secondary N) is 1. The van der Waals surface area contributed by atoms with E-state index in [9.17, 15) is 0 Å². The number of para-hydroxylation sites is 2. The Morgan fingerprint density at radius 1 is 0.707 bits per heavy atom. The van der Waals surface area contributed by atoms with Crippen molar-refractivity contribution in [3.63, 3.8) is 0 Å². The minimum absolute atomic E-state index is 0.126. The molecule has 0 fully saturated rings. The van der Waals surface area contributed by atoms with Crippen LogP contribution in [0.25, 0.3) is 11.3 Å². The van der Waals surface area contributed by atoms with E-state index < -0.39 is 5.72 Å². The molecule has 200 valence electrons. The molecular formula is C36H27ClN2O2. The summed E-state index contributed by atoms with van der Waals surface area (Å²) in [6.45, 7) is 0. The monoisotopic (exact) mass is 554 g/mol. The Balaban J connectivity index is 1.55. The van der Waals surface area contributed by atoms with Gasteiger partial charge in [0.25, 0.3) is 5.91 Å². The number of halogens is 1. The highest BCUT2D eigenvalue weighted by atomic mass is 35.5. The molecule has 0 saturated heterocycles. The summed E-state index contributed by atoms with van der Waals surface area (Å²) < 4.78 is 7.32. The number of carbonyl (C=O) groups excluding carboxylic acids is 1. The van der Waals surface area contributed by atoms with Crippen molar-refractivity contribution in [3.05, 3.63) is 167 Å². The van der Waals surface area contributed by atoms with Crippen LogP contribution in [0, 0.1) is 0 Å². The van der Waals surface area contributed by atoms with E-state index >= 15 is 4.79 Å². The van der Waals surface area contributed by atoms with Gasteiger partial charge in [0.1, 0.15) is 5.76 Å². The van der Waals surface area contributed by atoms with Crippen LogP contribution in [-0.4, -0.2) is 5.91 Å². The second kappa shape index (κ2) is 10.3. The van der Waals surface area contributed by atoms with Crippen molar-refractivity contribution in [2.45, 2.75) is 18.2 Å².